The van der Waals surface area contributed by atoms with E-state index >= 15 is 0 Å². The Balaban J connectivity index is 2.41. The number of benzene rings is 3. The van der Waals surface area contributed by atoms with Crippen molar-refractivity contribution in [2.75, 3.05) is 0 Å². The molecule has 0 fully saturated rings. The van der Waals surface area contributed by atoms with E-state index in [1.807, 2.05) is 0 Å². The Morgan fingerprint density at radius 2 is 0.763 bits per heavy atom. The fourth-order valence-corrected chi connectivity index (χ4v) is 3.21. The number of fused-ring (bicyclic) bond motifs is 3. The molecular formula is C30H26O8. The van der Waals surface area contributed by atoms with Gasteiger partial charge in [0, 0.05) is 33.1 Å². The first kappa shape index (κ1) is 27.6. The molecule has 0 saturated heterocycles. The number of esters is 4. The molecule has 0 amide bonds. The molecule has 0 aromatic heterocycles. The molecule has 0 aliphatic carbocycles. The fraction of sp³-hybridized carbons (Fsp3) is 0.133. The van der Waals surface area contributed by atoms with Crippen molar-refractivity contribution in [3.63, 3.8) is 0 Å². The largest absolute Gasteiger partial charge is 0.423 e. The summed E-state index contributed by atoms with van der Waals surface area (Å²) in [5.74, 6) is -2.51. The summed E-state index contributed by atoms with van der Waals surface area (Å²) in [6.07, 6.45) is 0. The maximum absolute atomic E-state index is 12.6. The van der Waals surface area contributed by atoms with Crippen LogP contribution in [0.3, 0.4) is 0 Å². The zero-order valence-corrected chi connectivity index (χ0v) is 21.6. The van der Waals surface area contributed by atoms with E-state index in [-0.39, 0.29) is 45.3 Å². The predicted molar refractivity (Wildman–Crippen MR) is 143 cm³/mol. The van der Waals surface area contributed by atoms with Gasteiger partial charge in [0.2, 0.25) is 0 Å². The minimum atomic E-state index is -0.747. The van der Waals surface area contributed by atoms with Crippen LogP contribution in [0.2, 0.25) is 0 Å². The lowest BCUT2D eigenvalue weighted by Gasteiger charge is -2.18. The summed E-state index contributed by atoms with van der Waals surface area (Å²) in [6, 6.07) is 9.16. The third kappa shape index (κ3) is 5.87. The van der Waals surface area contributed by atoms with Gasteiger partial charge in [0.1, 0.15) is 11.5 Å². The molecule has 0 aliphatic heterocycles. The van der Waals surface area contributed by atoms with E-state index in [0.717, 1.165) is 0 Å². The number of ether oxygens (including phenoxy) is 4. The second-order valence-corrected chi connectivity index (χ2v) is 8.75. The molecule has 3 aromatic rings. The summed E-state index contributed by atoms with van der Waals surface area (Å²) in [4.78, 5) is 49.4. The summed E-state index contributed by atoms with van der Waals surface area (Å²) in [6.45, 7) is 20.4. The minimum absolute atomic E-state index is 0.0560. The molecule has 0 bridgehead atoms. The van der Waals surface area contributed by atoms with Crippen LogP contribution in [0.4, 0.5) is 0 Å². The Bertz CT molecular complexity index is 1470. The Labute approximate surface area is 219 Å². The quantitative estimate of drug-likeness (QED) is 0.158. The summed E-state index contributed by atoms with van der Waals surface area (Å²) in [5.41, 5.74) is 0.623. The first-order valence-corrected chi connectivity index (χ1v) is 11.3. The third-order valence-corrected chi connectivity index (χ3v) is 5.17. The highest BCUT2D eigenvalue weighted by molar-refractivity contribution is 6.16. The lowest BCUT2D eigenvalue weighted by molar-refractivity contribution is -0.132. The SMILES string of the molecule is C=C(C)C(=O)Oc1ccc2c(OC(=O)C(=C)C)c(OC(=O)C(=C)C)c3ccc(OC(=O)C(=C)C)cc3c2c1. The molecule has 0 atom stereocenters. The van der Waals surface area contributed by atoms with Gasteiger partial charge in [-0.2, -0.15) is 0 Å². The molecular weight excluding hydrogens is 488 g/mol. The highest BCUT2D eigenvalue weighted by Gasteiger charge is 2.24. The van der Waals surface area contributed by atoms with Crippen molar-refractivity contribution >= 4 is 45.4 Å². The topological polar surface area (TPSA) is 105 Å². The van der Waals surface area contributed by atoms with Gasteiger partial charge in [0.15, 0.2) is 11.5 Å². The van der Waals surface area contributed by atoms with Gasteiger partial charge >= 0.3 is 23.9 Å². The number of hydrogen-bond acceptors (Lipinski definition) is 8. The average molecular weight is 515 g/mol. The van der Waals surface area contributed by atoms with E-state index in [1.54, 1.807) is 24.3 Å². The molecule has 0 unspecified atom stereocenters. The second-order valence-electron chi connectivity index (χ2n) is 8.75. The van der Waals surface area contributed by atoms with E-state index in [4.69, 9.17) is 18.9 Å². The van der Waals surface area contributed by atoms with Crippen LogP contribution in [0.25, 0.3) is 21.5 Å². The predicted octanol–water partition coefficient (Wildman–Crippen LogP) is 5.92. The molecule has 0 aliphatic rings. The Kier molecular flexibility index (Phi) is 7.96. The Morgan fingerprint density at radius 3 is 1.05 bits per heavy atom. The summed E-state index contributed by atoms with van der Waals surface area (Å²) < 4.78 is 22.0. The van der Waals surface area contributed by atoms with Crippen LogP contribution in [0, 0.1) is 0 Å². The van der Waals surface area contributed by atoms with Crippen molar-refractivity contribution in [2.45, 2.75) is 27.7 Å². The van der Waals surface area contributed by atoms with Crippen molar-refractivity contribution in [1.29, 1.82) is 0 Å². The zero-order valence-electron chi connectivity index (χ0n) is 21.6. The number of rotatable bonds is 8. The molecule has 194 valence electrons. The molecule has 3 aromatic carbocycles. The van der Waals surface area contributed by atoms with Crippen LogP contribution in [0.1, 0.15) is 27.7 Å². The van der Waals surface area contributed by atoms with Gasteiger partial charge in [0.05, 0.1) is 0 Å². The van der Waals surface area contributed by atoms with Crippen molar-refractivity contribution in [1.82, 2.24) is 0 Å². The van der Waals surface area contributed by atoms with E-state index in [0.29, 0.717) is 21.5 Å². The van der Waals surface area contributed by atoms with Crippen LogP contribution >= 0.6 is 0 Å². The molecule has 0 saturated carbocycles. The van der Waals surface area contributed by atoms with E-state index in [1.165, 1.54) is 39.8 Å². The zero-order chi connectivity index (χ0) is 28.3. The van der Waals surface area contributed by atoms with Crippen LogP contribution in [-0.2, 0) is 19.2 Å². The lowest BCUT2D eigenvalue weighted by Crippen LogP contribution is -2.14. The first-order valence-electron chi connectivity index (χ1n) is 11.3. The highest BCUT2D eigenvalue weighted by Crippen LogP contribution is 2.46. The fourth-order valence-electron chi connectivity index (χ4n) is 3.21. The van der Waals surface area contributed by atoms with Crippen LogP contribution < -0.4 is 18.9 Å². The highest BCUT2D eigenvalue weighted by atomic mass is 16.6. The molecule has 3 rings (SSSR count). The van der Waals surface area contributed by atoms with Crippen molar-refractivity contribution in [3.8, 4) is 23.0 Å². The molecule has 0 spiro atoms. The van der Waals surface area contributed by atoms with Gasteiger partial charge in [-0.25, -0.2) is 19.2 Å². The monoisotopic (exact) mass is 514 g/mol. The average Bonchev–Trinajstić information content (AvgIpc) is 2.85. The van der Waals surface area contributed by atoms with Crippen LogP contribution in [0.15, 0.2) is 85.0 Å². The molecule has 38 heavy (non-hydrogen) atoms. The molecule has 0 heterocycles. The summed E-state index contributed by atoms with van der Waals surface area (Å²) in [7, 11) is 0. The van der Waals surface area contributed by atoms with Gasteiger partial charge in [0.25, 0.3) is 0 Å². The smallest absolute Gasteiger partial charge is 0.338 e. The maximum Gasteiger partial charge on any atom is 0.338 e. The number of carbonyl (C=O) groups is 4. The van der Waals surface area contributed by atoms with Crippen LogP contribution in [-0.4, -0.2) is 23.9 Å². The normalized spacial score (nSPS) is 10.4. The summed E-state index contributed by atoms with van der Waals surface area (Å²) >= 11 is 0. The van der Waals surface area contributed by atoms with Gasteiger partial charge in [-0.3, -0.25) is 0 Å². The Hall–Kier alpha value is -4.98. The molecule has 8 nitrogen and oxygen atoms in total. The Morgan fingerprint density at radius 1 is 0.474 bits per heavy atom. The minimum Gasteiger partial charge on any atom is -0.423 e. The lowest BCUT2D eigenvalue weighted by atomic mass is 9.99. The van der Waals surface area contributed by atoms with Gasteiger partial charge < -0.3 is 18.9 Å². The van der Waals surface area contributed by atoms with Crippen molar-refractivity contribution in [2.24, 2.45) is 0 Å². The van der Waals surface area contributed by atoms with E-state index in [9.17, 15) is 19.2 Å². The van der Waals surface area contributed by atoms with Crippen LogP contribution in [0.5, 0.6) is 23.0 Å². The van der Waals surface area contributed by atoms with E-state index < -0.39 is 23.9 Å². The first-order chi connectivity index (χ1) is 17.8. The van der Waals surface area contributed by atoms with Gasteiger partial charge in [-0.1, -0.05) is 26.3 Å². The number of carbonyl (C=O) groups excluding carboxylic acids is 4. The molecule has 0 radical (unpaired) electrons. The van der Waals surface area contributed by atoms with Gasteiger partial charge in [-0.05, 0) is 74.9 Å². The second kappa shape index (κ2) is 11.0. The van der Waals surface area contributed by atoms with Crippen molar-refractivity contribution < 1.29 is 38.1 Å². The molecule has 0 N–H and O–H groups in total. The number of hydrogen-bond donors (Lipinski definition) is 0. The van der Waals surface area contributed by atoms with Gasteiger partial charge in [-0.15, -0.1) is 0 Å². The summed E-state index contributed by atoms with van der Waals surface area (Å²) in [5, 5.41) is 1.57. The maximum atomic E-state index is 12.6. The van der Waals surface area contributed by atoms with Crippen molar-refractivity contribution in [3.05, 3.63) is 85.0 Å². The molecule has 8 heteroatoms. The van der Waals surface area contributed by atoms with E-state index in [2.05, 4.69) is 26.3 Å². The third-order valence-electron chi connectivity index (χ3n) is 5.17. The standard InChI is InChI=1S/C30H26O8/c1-15(2)27(31)35-19-9-11-21-23(13-19)24-14-20(36-28(32)16(3)4)10-12-22(24)26(38-30(34)18(7)8)25(21)37-29(33)17(5)6/h9-14H,1,3,5,7H2,2,4,6,8H3.